The number of hydrogen-bond acceptors (Lipinski definition) is 4. The molecule has 0 atom stereocenters. The zero-order chi connectivity index (χ0) is 16.4. The van der Waals surface area contributed by atoms with Crippen molar-refractivity contribution in [3.05, 3.63) is 71.2 Å². The molecule has 6 heteroatoms. The van der Waals surface area contributed by atoms with Crippen molar-refractivity contribution in [2.75, 3.05) is 6.54 Å². The van der Waals surface area contributed by atoms with E-state index in [0.717, 1.165) is 5.56 Å². The van der Waals surface area contributed by atoms with E-state index in [1.165, 1.54) is 5.56 Å². The summed E-state index contributed by atoms with van der Waals surface area (Å²) in [6, 6.07) is 8.05. The van der Waals surface area contributed by atoms with Crippen LogP contribution in [0.25, 0.3) is 0 Å². The van der Waals surface area contributed by atoms with E-state index in [4.69, 9.17) is 11.6 Å². The molecule has 1 aromatic carbocycles. The van der Waals surface area contributed by atoms with Crippen molar-refractivity contribution in [3.8, 4) is 0 Å². The van der Waals surface area contributed by atoms with Gasteiger partial charge in [-0.1, -0.05) is 48.0 Å². The number of aryl methyl sites for hydroxylation is 1. The fourth-order valence-corrected chi connectivity index (χ4v) is 2.44. The van der Waals surface area contributed by atoms with Crippen molar-refractivity contribution in [2.24, 2.45) is 5.10 Å². The number of nitrogens with zero attached hydrogens (tertiary/aromatic N) is 3. The standard InChI is InChI=1S/C17H17ClN4O/c1-12-3-5-14(6-4-12)10-19-17(23)11-22-13(2)21-8-7-15(18)9-16(21)20-22/h3-9H,2,10-11H2,1H3,(H,19,23). The number of fused-ring (bicyclic) bond motifs is 1. The second-order valence-electron chi connectivity index (χ2n) is 5.41. The van der Waals surface area contributed by atoms with Gasteiger partial charge in [-0.05, 0) is 18.6 Å². The number of halogens is 1. The smallest absolute Gasteiger partial charge is 0.242 e. The molecule has 2 aliphatic heterocycles. The van der Waals surface area contributed by atoms with Gasteiger partial charge in [0, 0.05) is 23.9 Å². The van der Waals surface area contributed by atoms with Crippen LogP contribution in [-0.2, 0) is 11.3 Å². The van der Waals surface area contributed by atoms with E-state index in [-0.39, 0.29) is 12.5 Å². The Bertz CT molecular complexity index is 733. The molecule has 0 aromatic heterocycles. The van der Waals surface area contributed by atoms with Crippen molar-refractivity contribution < 1.29 is 4.79 Å². The molecule has 2 heterocycles. The van der Waals surface area contributed by atoms with Crippen LogP contribution < -0.4 is 5.32 Å². The Morgan fingerprint density at radius 2 is 2.09 bits per heavy atom. The zero-order valence-electron chi connectivity index (χ0n) is 12.8. The van der Waals surface area contributed by atoms with Gasteiger partial charge in [0.15, 0.2) is 5.84 Å². The van der Waals surface area contributed by atoms with Crippen LogP contribution in [0.4, 0.5) is 0 Å². The quantitative estimate of drug-likeness (QED) is 0.924. The second-order valence-corrected chi connectivity index (χ2v) is 5.85. The third-order valence-electron chi connectivity index (χ3n) is 3.60. The number of benzene rings is 1. The predicted molar refractivity (Wildman–Crippen MR) is 91.2 cm³/mol. The van der Waals surface area contributed by atoms with Gasteiger partial charge in [0.1, 0.15) is 12.4 Å². The van der Waals surface area contributed by atoms with Crippen LogP contribution in [0, 0.1) is 6.92 Å². The van der Waals surface area contributed by atoms with Gasteiger partial charge in [0.2, 0.25) is 5.91 Å². The number of carbonyl (C=O) groups is 1. The first-order valence-electron chi connectivity index (χ1n) is 7.25. The van der Waals surface area contributed by atoms with Crippen molar-refractivity contribution in [1.82, 2.24) is 15.2 Å². The van der Waals surface area contributed by atoms with Gasteiger partial charge in [-0.3, -0.25) is 9.69 Å². The summed E-state index contributed by atoms with van der Waals surface area (Å²) in [5.41, 5.74) is 2.26. The Hall–Kier alpha value is -2.53. The lowest BCUT2D eigenvalue weighted by Gasteiger charge is -2.20. The van der Waals surface area contributed by atoms with Gasteiger partial charge in [-0.15, -0.1) is 0 Å². The van der Waals surface area contributed by atoms with Crippen LogP contribution >= 0.6 is 11.6 Å². The van der Waals surface area contributed by atoms with Gasteiger partial charge in [-0.25, -0.2) is 5.01 Å². The van der Waals surface area contributed by atoms with Crippen LogP contribution in [0.15, 0.2) is 65.2 Å². The molecule has 0 fully saturated rings. The molecule has 1 aromatic rings. The van der Waals surface area contributed by atoms with E-state index in [2.05, 4.69) is 17.0 Å². The monoisotopic (exact) mass is 328 g/mol. The molecule has 5 nitrogen and oxygen atoms in total. The van der Waals surface area contributed by atoms with Gasteiger partial charge >= 0.3 is 0 Å². The molecule has 2 aliphatic rings. The number of carbonyl (C=O) groups excluding carboxylic acids is 1. The SMILES string of the molecule is C=C1N(CC(=O)NCc2ccc(C)cc2)N=C2C=C(Cl)C=CN12. The Morgan fingerprint density at radius 3 is 2.83 bits per heavy atom. The Kier molecular flexibility index (Phi) is 4.21. The van der Waals surface area contributed by atoms with Crippen LogP contribution in [0.3, 0.4) is 0 Å². The number of hydrogen-bond donors (Lipinski definition) is 1. The largest absolute Gasteiger partial charge is 0.350 e. The van der Waals surface area contributed by atoms with Crippen LogP contribution in [0.1, 0.15) is 11.1 Å². The van der Waals surface area contributed by atoms with E-state index in [0.29, 0.717) is 23.2 Å². The Morgan fingerprint density at radius 1 is 1.35 bits per heavy atom. The number of amides is 1. The lowest BCUT2D eigenvalue weighted by atomic mass is 10.1. The maximum absolute atomic E-state index is 12.1. The second kappa shape index (κ2) is 6.30. The Labute approximate surface area is 140 Å². The predicted octanol–water partition coefficient (Wildman–Crippen LogP) is 2.66. The third kappa shape index (κ3) is 3.46. The number of nitrogens with one attached hydrogen (secondary N) is 1. The highest BCUT2D eigenvalue weighted by molar-refractivity contribution is 6.33. The van der Waals surface area contributed by atoms with Gasteiger partial charge < -0.3 is 5.32 Å². The minimum Gasteiger partial charge on any atom is -0.350 e. The summed E-state index contributed by atoms with van der Waals surface area (Å²) in [5.74, 6) is 1.17. The normalized spacial score (nSPS) is 16.2. The molecular weight excluding hydrogens is 312 g/mol. The lowest BCUT2D eigenvalue weighted by molar-refractivity contribution is -0.122. The molecule has 0 unspecified atom stereocenters. The lowest BCUT2D eigenvalue weighted by Crippen LogP contribution is -2.34. The first kappa shape index (κ1) is 15.4. The van der Waals surface area contributed by atoms with E-state index in [9.17, 15) is 4.79 Å². The Balaban J connectivity index is 1.57. The average Bonchev–Trinajstić information content (AvgIpc) is 2.82. The summed E-state index contributed by atoms with van der Waals surface area (Å²) in [4.78, 5) is 13.9. The molecule has 118 valence electrons. The molecule has 3 rings (SSSR count). The molecule has 0 radical (unpaired) electrons. The fourth-order valence-electron chi connectivity index (χ4n) is 2.29. The molecular formula is C17H17ClN4O. The maximum atomic E-state index is 12.1. The first-order valence-corrected chi connectivity index (χ1v) is 7.62. The number of rotatable bonds is 4. The summed E-state index contributed by atoms with van der Waals surface area (Å²) in [6.07, 6.45) is 5.28. The van der Waals surface area contributed by atoms with E-state index >= 15 is 0 Å². The molecule has 1 amide bonds. The third-order valence-corrected chi connectivity index (χ3v) is 3.83. The van der Waals surface area contributed by atoms with Crippen LogP contribution in [-0.4, -0.2) is 28.2 Å². The zero-order valence-corrected chi connectivity index (χ0v) is 13.5. The van der Waals surface area contributed by atoms with Gasteiger partial charge in [-0.2, -0.15) is 5.10 Å². The summed E-state index contributed by atoms with van der Waals surface area (Å²) >= 11 is 5.95. The molecule has 0 saturated heterocycles. The molecule has 0 bridgehead atoms. The topological polar surface area (TPSA) is 47.9 Å². The highest BCUT2D eigenvalue weighted by atomic mass is 35.5. The minimum absolute atomic E-state index is 0.115. The number of allylic oxidation sites excluding steroid dienone is 2. The highest BCUT2D eigenvalue weighted by Crippen LogP contribution is 2.24. The van der Waals surface area contributed by atoms with E-state index in [1.807, 2.05) is 31.2 Å². The molecule has 1 N–H and O–H groups in total. The van der Waals surface area contributed by atoms with Gasteiger partial charge in [0.25, 0.3) is 0 Å². The fraction of sp³-hybridized carbons (Fsp3) is 0.176. The molecule has 23 heavy (non-hydrogen) atoms. The maximum Gasteiger partial charge on any atom is 0.242 e. The van der Waals surface area contributed by atoms with Crippen LogP contribution in [0.5, 0.6) is 0 Å². The summed E-state index contributed by atoms with van der Waals surface area (Å²) in [5, 5.41) is 9.40. The highest BCUT2D eigenvalue weighted by Gasteiger charge is 2.27. The summed E-state index contributed by atoms with van der Waals surface area (Å²) in [6.45, 7) is 6.60. The van der Waals surface area contributed by atoms with Crippen molar-refractivity contribution in [1.29, 1.82) is 0 Å². The van der Waals surface area contributed by atoms with Gasteiger partial charge in [0.05, 0.1) is 0 Å². The molecule has 0 aliphatic carbocycles. The number of hydrazone groups is 1. The molecule has 0 saturated carbocycles. The molecule has 0 spiro atoms. The first-order chi connectivity index (χ1) is 11.0. The van der Waals surface area contributed by atoms with Crippen molar-refractivity contribution >= 4 is 23.3 Å². The van der Waals surface area contributed by atoms with E-state index in [1.54, 1.807) is 28.3 Å². The van der Waals surface area contributed by atoms with E-state index < -0.39 is 0 Å². The minimum atomic E-state index is -0.116. The van der Waals surface area contributed by atoms with Crippen molar-refractivity contribution in [2.45, 2.75) is 13.5 Å². The number of amidine groups is 1. The van der Waals surface area contributed by atoms with Crippen LogP contribution in [0.2, 0.25) is 0 Å². The average molecular weight is 329 g/mol. The van der Waals surface area contributed by atoms with Crippen molar-refractivity contribution in [3.63, 3.8) is 0 Å². The summed E-state index contributed by atoms with van der Waals surface area (Å²) < 4.78 is 0. The summed E-state index contributed by atoms with van der Waals surface area (Å²) in [7, 11) is 0.